The number of quaternary nitrogens is 1. The predicted octanol–water partition coefficient (Wildman–Crippen LogP) is -1.22. The minimum absolute atomic E-state index is 0. The average Bonchev–Trinajstić information content (AvgIpc) is 2.51. The molecule has 4 heteroatoms. The lowest BCUT2D eigenvalue weighted by Crippen LogP contribution is -3.12. The third-order valence-corrected chi connectivity index (χ3v) is 4.50. The number of nitrogens with one attached hydrogen (secondary N) is 1. The van der Waals surface area contributed by atoms with Crippen LogP contribution < -0.4 is 17.3 Å². The SMILES string of the molecule is CC1=CC(C)C(=O)N(CCC[NH+]2CCCCC2)C(C)=C1.[Cl-]. The van der Waals surface area contributed by atoms with E-state index in [-0.39, 0.29) is 24.2 Å². The normalized spacial score (nSPS) is 24.0. The highest BCUT2D eigenvalue weighted by Crippen LogP contribution is 2.19. The highest BCUT2D eigenvalue weighted by Gasteiger charge is 2.23. The molecule has 1 atom stereocenters. The molecule has 0 aromatic carbocycles. The highest BCUT2D eigenvalue weighted by atomic mass is 35.5. The summed E-state index contributed by atoms with van der Waals surface area (Å²) >= 11 is 0. The molecule has 0 saturated carbocycles. The fraction of sp³-hybridized carbons (Fsp3) is 0.706. The molecule has 1 amide bonds. The molecule has 1 unspecified atom stereocenters. The van der Waals surface area contributed by atoms with Crippen molar-refractivity contribution in [3.63, 3.8) is 0 Å². The number of carbonyl (C=O) groups is 1. The van der Waals surface area contributed by atoms with Crippen molar-refractivity contribution < 1.29 is 22.1 Å². The van der Waals surface area contributed by atoms with Crippen molar-refractivity contribution in [2.45, 2.75) is 46.5 Å². The van der Waals surface area contributed by atoms with Gasteiger partial charge in [-0.2, -0.15) is 0 Å². The van der Waals surface area contributed by atoms with Gasteiger partial charge >= 0.3 is 0 Å². The molecule has 21 heavy (non-hydrogen) atoms. The van der Waals surface area contributed by atoms with Crippen LogP contribution in [0.4, 0.5) is 0 Å². The number of carbonyl (C=O) groups excluding carboxylic acids is 1. The molecular formula is C17H29ClN2O. The Morgan fingerprint density at radius 1 is 1.24 bits per heavy atom. The van der Waals surface area contributed by atoms with E-state index in [1.165, 1.54) is 44.5 Å². The Morgan fingerprint density at radius 2 is 1.90 bits per heavy atom. The molecule has 0 bridgehead atoms. The van der Waals surface area contributed by atoms with Gasteiger partial charge in [-0.3, -0.25) is 4.79 Å². The van der Waals surface area contributed by atoms with E-state index < -0.39 is 0 Å². The van der Waals surface area contributed by atoms with E-state index in [1.807, 2.05) is 11.8 Å². The van der Waals surface area contributed by atoms with Crippen molar-refractivity contribution in [1.29, 1.82) is 0 Å². The molecule has 1 N–H and O–H groups in total. The summed E-state index contributed by atoms with van der Waals surface area (Å²) in [6.07, 6.45) is 9.46. The van der Waals surface area contributed by atoms with E-state index in [0.717, 1.165) is 18.7 Å². The number of likely N-dealkylation sites (tertiary alicyclic amines) is 1. The Morgan fingerprint density at radius 3 is 2.57 bits per heavy atom. The van der Waals surface area contributed by atoms with Crippen molar-refractivity contribution in [3.05, 3.63) is 23.4 Å². The molecule has 2 aliphatic rings. The topological polar surface area (TPSA) is 24.8 Å². The largest absolute Gasteiger partial charge is 1.00 e. The average molecular weight is 313 g/mol. The number of allylic oxidation sites excluding steroid dienone is 3. The summed E-state index contributed by atoms with van der Waals surface area (Å²) in [5, 5.41) is 0. The molecule has 120 valence electrons. The quantitative estimate of drug-likeness (QED) is 0.691. The van der Waals surface area contributed by atoms with Gasteiger partial charge in [0.05, 0.1) is 25.6 Å². The molecule has 0 aromatic rings. The van der Waals surface area contributed by atoms with Gasteiger partial charge in [0.25, 0.3) is 0 Å². The van der Waals surface area contributed by atoms with Crippen LogP contribution in [0.2, 0.25) is 0 Å². The van der Waals surface area contributed by atoms with Gasteiger partial charge < -0.3 is 22.2 Å². The van der Waals surface area contributed by atoms with Gasteiger partial charge in [0.2, 0.25) is 5.91 Å². The van der Waals surface area contributed by atoms with Crippen LogP contribution in [-0.2, 0) is 4.79 Å². The van der Waals surface area contributed by atoms with E-state index >= 15 is 0 Å². The third kappa shape index (κ3) is 5.15. The van der Waals surface area contributed by atoms with Gasteiger partial charge in [0.15, 0.2) is 0 Å². The number of amides is 1. The number of hydrogen-bond acceptors (Lipinski definition) is 1. The second-order valence-electron chi connectivity index (χ2n) is 6.39. The zero-order valence-electron chi connectivity index (χ0n) is 13.6. The monoisotopic (exact) mass is 312 g/mol. The lowest BCUT2D eigenvalue weighted by Gasteiger charge is -2.27. The van der Waals surface area contributed by atoms with E-state index in [0.29, 0.717) is 0 Å². The summed E-state index contributed by atoms with van der Waals surface area (Å²) in [5.74, 6) is 0.260. The van der Waals surface area contributed by atoms with Crippen LogP contribution in [0.25, 0.3) is 0 Å². The van der Waals surface area contributed by atoms with Crippen molar-refractivity contribution in [2.24, 2.45) is 5.92 Å². The molecule has 0 spiro atoms. The fourth-order valence-electron chi connectivity index (χ4n) is 3.42. The third-order valence-electron chi connectivity index (χ3n) is 4.50. The van der Waals surface area contributed by atoms with Gasteiger partial charge in [-0.25, -0.2) is 0 Å². The van der Waals surface area contributed by atoms with Gasteiger partial charge in [0.1, 0.15) is 0 Å². The van der Waals surface area contributed by atoms with Crippen LogP contribution in [0, 0.1) is 5.92 Å². The predicted molar refractivity (Wildman–Crippen MR) is 82.4 cm³/mol. The molecule has 3 nitrogen and oxygen atoms in total. The maximum atomic E-state index is 12.4. The second kappa shape index (κ2) is 8.60. The number of nitrogens with zero attached hydrogens (tertiary/aromatic N) is 1. The first-order chi connectivity index (χ1) is 9.58. The second-order valence-corrected chi connectivity index (χ2v) is 6.39. The Kier molecular flexibility index (Phi) is 7.47. The van der Waals surface area contributed by atoms with Crippen molar-refractivity contribution >= 4 is 5.91 Å². The van der Waals surface area contributed by atoms with Gasteiger partial charge in [-0.15, -0.1) is 0 Å². The minimum Gasteiger partial charge on any atom is -1.00 e. The van der Waals surface area contributed by atoms with Crippen molar-refractivity contribution in [2.75, 3.05) is 26.2 Å². The zero-order chi connectivity index (χ0) is 14.5. The number of rotatable bonds is 4. The summed E-state index contributed by atoms with van der Waals surface area (Å²) in [6.45, 7) is 10.9. The summed E-state index contributed by atoms with van der Waals surface area (Å²) < 4.78 is 0. The maximum absolute atomic E-state index is 12.4. The molecule has 0 aromatic heterocycles. The summed E-state index contributed by atoms with van der Waals surface area (Å²) in [7, 11) is 0. The van der Waals surface area contributed by atoms with E-state index in [2.05, 4.69) is 26.0 Å². The zero-order valence-corrected chi connectivity index (χ0v) is 14.4. The van der Waals surface area contributed by atoms with Crippen LogP contribution in [0.5, 0.6) is 0 Å². The minimum atomic E-state index is 0. The standard InChI is InChI=1S/C17H28N2O.ClH/c1-14-12-15(2)17(20)19(16(3)13-14)11-7-10-18-8-5-4-6-9-18;/h12-13,15H,4-11H2,1-3H3;1H. The summed E-state index contributed by atoms with van der Waals surface area (Å²) in [4.78, 5) is 16.1. The van der Waals surface area contributed by atoms with Crippen LogP contribution in [0.1, 0.15) is 46.5 Å². The Balaban J connectivity index is 0.00000220. The lowest BCUT2D eigenvalue weighted by molar-refractivity contribution is -0.905. The lowest BCUT2D eigenvalue weighted by atomic mass is 10.1. The summed E-state index contributed by atoms with van der Waals surface area (Å²) in [6, 6.07) is 0. The van der Waals surface area contributed by atoms with Crippen molar-refractivity contribution in [1.82, 2.24) is 4.90 Å². The van der Waals surface area contributed by atoms with Crippen LogP contribution >= 0.6 is 0 Å². The van der Waals surface area contributed by atoms with E-state index in [9.17, 15) is 4.79 Å². The molecule has 1 saturated heterocycles. The molecule has 2 heterocycles. The van der Waals surface area contributed by atoms with Crippen LogP contribution in [0.15, 0.2) is 23.4 Å². The first kappa shape index (κ1) is 18.2. The van der Waals surface area contributed by atoms with Crippen LogP contribution in [0.3, 0.4) is 0 Å². The van der Waals surface area contributed by atoms with Gasteiger partial charge in [-0.1, -0.05) is 18.6 Å². The molecule has 1 fully saturated rings. The number of halogens is 1. The summed E-state index contributed by atoms with van der Waals surface area (Å²) in [5.41, 5.74) is 2.30. The van der Waals surface area contributed by atoms with Crippen LogP contribution in [-0.4, -0.2) is 37.0 Å². The number of hydrogen-bond donors (Lipinski definition) is 1. The van der Waals surface area contributed by atoms with Gasteiger partial charge in [-0.05, 0) is 39.2 Å². The molecular weight excluding hydrogens is 284 g/mol. The maximum Gasteiger partial charge on any atom is 0.233 e. The highest BCUT2D eigenvalue weighted by molar-refractivity contribution is 5.82. The molecule has 2 aliphatic heterocycles. The van der Waals surface area contributed by atoms with E-state index in [4.69, 9.17) is 0 Å². The Bertz CT molecular complexity index is 411. The van der Waals surface area contributed by atoms with E-state index in [1.54, 1.807) is 4.90 Å². The smallest absolute Gasteiger partial charge is 0.233 e. The van der Waals surface area contributed by atoms with Gasteiger partial charge in [0, 0.05) is 18.7 Å². The first-order valence-electron chi connectivity index (χ1n) is 8.09. The van der Waals surface area contributed by atoms with Crippen molar-refractivity contribution in [3.8, 4) is 0 Å². The first-order valence-corrected chi connectivity index (χ1v) is 8.09. The Labute approximate surface area is 135 Å². The number of piperidine rings is 1. The molecule has 0 radical (unpaired) electrons. The Hall–Kier alpha value is -0.800. The molecule has 0 aliphatic carbocycles. The fourth-order valence-corrected chi connectivity index (χ4v) is 3.42. The molecule has 2 rings (SSSR count).